The fourth-order valence-corrected chi connectivity index (χ4v) is 13.8. The van der Waals surface area contributed by atoms with E-state index < -0.39 is 161 Å². The zero-order valence-electron chi connectivity index (χ0n) is 75.0. The molecule has 0 fully saturated rings. The minimum absolute atomic E-state index is 0.0164. The van der Waals surface area contributed by atoms with Crippen molar-refractivity contribution < 1.29 is 71.7 Å². The summed E-state index contributed by atoms with van der Waals surface area (Å²) in [7, 11) is 0. The highest BCUT2D eigenvalue weighted by atomic mass is 16.6. The molecular formula is C95H140N12O15. The minimum Gasteiger partial charge on any atom is -0.488 e. The molecule has 0 spiro atoms. The Morgan fingerprint density at radius 3 is 1.35 bits per heavy atom. The Labute approximate surface area is 723 Å². The van der Waals surface area contributed by atoms with Crippen molar-refractivity contribution in [3.05, 3.63) is 173 Å². The summed E-state index contributed by atoms with van der Waals surface area (Å²) in [5.74, 6) is -7.87. The van der Waals surface area contributed by atoms with Gasteiger partial charge in [0.15, 0.2) is 0 Å². The number of alkyl carbamates (subject to hydrolysis) is 1. The maximum absolute atomic E-state index is 15.0. The van der Waals surface area contributed by atoms with E-state index >= 15 is 9.59 Å². The molecule has 5 rings (SSSR count). The average molecular weight is 1690 g/mol. The largest absolute Gasteiger partial charge is 0.488 e. The molecule has 0 saturated carbocycles. The molecule has 0 aliphatic carbocycles. The standard InChI is InChI=1S/C95H140N12O15/c1-17-19-20-21-22-23-24-25-26-40-57-96-84(112)74(50-39-41-58-97-91(119)122-94(14,15)16)103-89(117)79(63-120-92(8,9)10)105-87(115)77(60-68-42-31-27-32-43-68)101-81(110)62-98-85(113)75(55-56-80(109)107-95(70-44-33-28-34-45-70,71-46-35-29-36-47-71)72-48-37-30-38-49-72)102-83(111)66(6)99-86(114)78(61-69-51-53-73(54-52-69)121-93(11,12)13)104-90(118)82(65(5)18-2)106-88(116)76(59-64(3)4)100-67(7)108/h27-38,42-49,51-54,64-66,74-79,82H,17-26,39-41,50,55-63H2,1-16H3,(H,96,112)(H,97,119)(H,98,113)(H,99,114)(H,100,108)(H,101,110)(H,102,111)(H,103,117)(H,104,118)(H,105,115)(H,106,116)(H,107,109)/t65-,66-,74-,75-,76-,77-,78-,79-,82-/m0/s1. The van der Waals surface area contributed by atoms with Crippen LogP contribution in [-0.2, 0) is 80.6 Å². The lowest BCUT2D eigenvalue weighted by Crippen LogP contribution is -2.60. The second-order valence-electron chi connectivity index (χ2n) is 35.1. The van der Waals surface area contributed by atoms with E-state index in [0.29, 0.717) is 59.4 Å². The average Bonchev–Trinajstić information content (AvgIpc) is 0.753. The summed E-state index contributed by atoms with van der Waals surface area (Å²) in [6.45, 7) is 27.9. The maximum atomic E-state index is 15.0. The van der Waals surface area contributed by atoms with Gasteiger partial charge in [-0.05, 0) is 160 Å². The fraction of sp³-hybridized carbons (Fsp3) is 0.558. The number of nitrogens with one attached hydrogen (secondary N) is 12. The van der Waals surface area contributed by atoms with E-state index in [1.807, 2.05) is 133 Å². The van der Waals surface area contributed by atoms with Gasteiger partial charge in [0.1, 0.15) is 70.8 Å². The lowest BCUT2D eigenvalue weighted by molar-refractivity contribution is -0.136. The second kappa shape index (κ2) is 51.9. The van der Waals surface area contributed by atoms with E-state index in [9.17, 15) is 47.9 Å². The normalized spacial score (nSPS) is 13.9. The van der Waals surface area contributed by atoms with Gasteiger partial charge >= 0.3 is 6.09 Å². The zero-order valence-corrected chi connectivity index (χ0v) is 75.0. The molecule has 5 aromatic rings. The molecule has 0 unspecified atom stereocenters. The molecule has 0 aliphatic rings. The number of hydrogen-bond acceptors (Lipinski definition) is 15. The number of hydrogen-bond donors (Lipinski definition) is 12. The van der Waals surface area contributed by atoms with Crippen molar-refractivity contribution in [3.8, 4) is 5.75 Å². The molecular weight excluding hydrogens is 1550 g/mol. The van der Waals surface area contributed by atoms with E-state index in [0.717, 1.165) is 32.1 Å². The van der Waals surface area contributed by atoms with Crippen LogP contribution in [0.3, 0.4) is 0 Å². The van der Waals surface area contributed by atoms with Crippen LogP contribution in [0.5, 0.6) is 5.75 Å². The van der Waals surface area contributed by atoms with Gasteiger partial charge in [-0.1, -0.05) is 232 Å². The fourth-order valence-electron chi connectivity index (χ4n) is 13.8. The van der Waals surface area contributed by atoms with Crippen molar-refractivity contribution in [2.45, 2.75) is 303 Å². The van der Waals surface area contributed by atoms with E-state index in [-0.39, 0.29) is 51.2 Å². The monoisotopic (exact) mass is 1690 g/mol. The van der Waals surface area contributed by atoms with Gasteiger partial charge in [0.05, 0.1) is 18.8 Å². The topological polar surface area (TPSA) is 377 Å². The van der Waals surface area contributed by atoms with Crippen LogP contribution >= 0.6 is 0 Å². The summed E-state index contributed by atoms with van der Waals surface area (Å²) in [4.78, 5) is 172. The summed E-state index contributed by atoms with van der Waals surface area (Å²) in [5, 5.41) is 33.8. The number of amides is 12. The Hall–Kier alpha value is -10.7. The Balaban J connectivity index is 1.47. The highest BCUT2D eigenvalue weighted by molar-refractivity contribution is 5.98. The molecule has 27 heteroatoms. The Kier molecular flexibility index (Phi) is 43.4. The molecule has 27 nitrogen and oxygen atoms in total. The van der Waals surface area contributed by atoms with E-state index in [4.69, 9.17) is 14.2 Å². The third kappa shape index (κ3) is 38.2. The number of rotatable bonds is 52. The van der Waals surface area contributed by atoms with Crippen molar-refractivity contribution in [3.63, 3.8) is 0 Å². The zero-order chi connectivity index (χ0) is 90.0. The van der Waals surface area contributed by atoms with E-state index in [2.05, 4.69) is 70.7 Å². The van der Waals surface area contributed by atoms with Gasteiger partial charge in [-0.15, -0.1) is 0 Å². The van der Waals surface area contributed by atoms with Crippen LogP contribution in [0.1, 0.15) is 248 Å². The Bertz CT molecular complexity index is 3980. The van der Waals surface area contributed by atoms with Crippen molar-refractivity contribution in [1.29, 1.82) is 0 Å². The molecule has 12 N–H and O–H groups in total. The van der Waals surface area contributed by atoms with Gasteiger partial charge in [-0.3, -0.25) is 52.7 Å². The summed E-state index contributed by atoms with van der Waals surface area (Å²) >= 11 is 0. The van der Waals surface area contributed by atoms with E-state index in [1.165, 1.54) is 46.0 Å². The lowest BCUT2D eigenvalue weighted by Gasteiger charge is -2.37. The summed E-state index contributed by atoms with van der Waals surface area (Å²) in [5.41, 5.74) is -0.0918. The van der Waals surface area contributed by atoms with Crippen LogP contribution in [-0.4, -0.2) is 162 Å². The molecule has 0 radical (unpaired) electrons. The van der Waals surface area contributed by atoms with Crippen LogP contribution in [0.15, 0.2) is 146 Å². The molecule has 9 atom stereocenters. The van der Waals surface area contributed by atoms with Crippen LogP contribution in [0.4, 0.5) is 4.79 Å². The van der Waals surface area contributed by atoms with E-state index in [1.54, 1.807) is 103 Å². The Morgan fingerprint density at radius 1 is 0.385 bits per heavy atom. The first-order valence-electron chi connectivity index (χ1n) is 43.6. The van der Waals surface area contributed by atoms with Crippen molar-refractivity contribution >= 4 is 71.1 Å². The Morgan fingerprint density at radius 2 is 0.836 bits per heavy atom. The molecule has 12 amide bonds. The van der Waals surface area contributed by atoms with Crippen molar-refractivity contribution in [1.82, 2.24) is 63.8 Å². The maximum Gasteiger partial charge on any atom is 0.407 e. The molecule has 0 saturated heterocycles. The third-order valence-corrected chi connectivity index (χ3v) is 20.3. The summed E-state index contributed by atoms with van der Waals surface area (Å²) in [6.07, 6.45) is 11.1. The second-order valence-corrected chi connectivity index (χ2v) is 35.1. The first kappa shape index (κ1) is 102. The predicted octanol–water partition coefficient (Wildman–Crippen LogP) is 11.2. The number of benzene rings is 5. The van der Waals surface area contributed by atoms with Crippen LogP contribution in [0, 0.1) is 11.8 Å². The van der Waals surface area contributed by atoms with Crippen molar-refractivity contribution in [2.75, 3.05) is 26.2 Å². The highest BCUT2D eigenvalue weighted by Crippen LogP contribution is 2.37. The third-order valence-electron chi connectivity index (χ3n) is 20.3. The SMILES string of the molecule is CCCCCCCCCCCCNC(=O)[C@H](CCCCNC(=O)OC(C)(C)C)NC(=O)[C@H](COC(C)(C)C)NC(=O)[C@H](Cc1ccccc1)NC(=O)CNC(=O)[C@H](CCC(=O)NC(c1ccccc1)(c1ccccc1)c1ccccc1)NC(=O)[C@H](C)NC(=O)[C@H](Cc1ccc(OC(C)(C)C)cc1)NC(=O)[C@@H](NC(=O)[C@H](CC(C)C)NC(C)=O)[C@@H](C)CC. The molecule has 122 heavy (non-hydrogen) atoms. The number of unbranched alkanes of at least 4 members (excludes halogenated alkanes) is 10. The lowest BCUT2D eigenvalue weighted by atomic mass is 9.77. The predicted molar refractivity (Wildman–Crippen MR) is 475 cm³/mol. The van der Waals surface area contributed by atoms with Gasteiger partial charge in [0, 0.05) is 39.3 Å². The van der Waals surface area contributed by atoms with Crippen LogP contribution in [0.25, 0.3) is 0 Å². The minimum atomic E-state index is -1.61. The van der Waals surface area contributed by atoms with Gasteiger partial charge < -0.3 is 78.0 Å². The van der Waals surface area contributed by atoms with Gasteiger partial charge in [0.25, 0.3) is 0 Å². The quantitative estimate of drug-likeness (QED) is 0.0127. The summed E-state index contributed by atoms with van der Waals surface area (Å²) in [6, 6.07) is 33.1. The van der Waals surface area contributed by atoms with Crippen LogP contribution in [0.2, 0.25) is 0 Å². The number of carbonyl (C=O) groups excluding carboxylic acids is 12. The van der Waals surface area contributed by atoms with Crippen molar-refractivity contribution in [2.24, 2.45) is 11.8 Å². The number of ether oxygens (including phenoxy) is 3. The first-order chi connectivity index (χ1) is 57.8. The summed E-state index contributed by atoms with van der Waals surface area (Å²) < 4.78 is 17.6. The first-order valence-corrected chi connectivity index (χ1v) is 43.6. The molecule has 0 aliphatic heterocycles. The molecule has 0 heterocycles. The highest BCUT2D eigenvalue weighted by Gasteiger charge is 2.40. The van der Waals surface area contributed by atoms with Crippen LogP contribution < -0.4 is 68.5 Å². The van der Waals surface area contributed by atoms with Gasteiger partial charge in [0.2, 0.25) is 65.0 Å². The molecule has 0 aromatic heterocycles. The van der Waals surface area contributed by atoms with Gasteiger partial charge in [-0.2, -0.15) is 0 Å². The number of carbonyl (C=O) groups is 12. The molecule has 0 bridgehead atoms. The molecule has 670 valence electrons. The van der Waals surface area contributed by atoms with Gasteiger partial charge in [-0.25, -0.2) is 4.79 Å². The molecule has 5 aromatic carbocycles. The smallest absolute Gasteiger partial charge is 0.407 e.